The van der Waals surface area contributed by atoms with E-state index in [2.05, 4.69) is 9.72 Å². The van der Waals surface area contributed by atoms with Crippen molar-refractivity contribution in [3.05, 3.63) is 18.1 Å². The van der Waals surface area contributed by atoms with E-state index in [4.69, 9.17) is 9.31 Å². The fourth-order valence-electron chi connectivity index (χ4n) is 1.85. The monoisotopic (exact) mass is 317 g/mol. The molecule has 2 rings (SSSR count). The van der Waals surface area contributed by atoms with Crippen molar-refractivity contribution in [1.82, 2.24) is 4.98 Å². The summed E-state index contributed by atoms with van der Waals surface area (Å²) in [6.07, 6.45) is 1.30. The fraction of sp³-hybridized carbons (Fsp3) is 0.643. The molecular formula is C14H19BF3NO3. The summed E-state index contributed by atoms with van der Waals surface area (Å²) >= 11 is 0. The molecule has 0 saturated carbocycles. The van der Waals surface area contributed by atoms with Crippen molar-refractivity contribution in [2.75, 3.05) is 6.61 Å². The molecule has 0 radical (unpaired) electrons. The maximum Gasteiger partial charge on any atom is 0.496 e. The van der Waals surface area contributed by atoms with Gasteiger partial charge in [-0.3, -0.25) is 0 Å². The highest BCUT2D eigenvalue weighted by Gasteiger charge is 2.52. The number of pyridine rings is 1. The second-order valence-corrected chi connectivity index (χ2v) is 6.50. The van der Waals surface area contributed by atoms with Gasteiger partial charge in [-0.25, -0.2) is 18.2 Å². The van der Waals surface area contributed by atoms with E-state index in [0.29, 0.717) is 12.4 Å². The Balaban J connectivity index is 2.14. The van der Waals surface area contributed by atoms with Crippen LogP contribution in [0.3, 0.4) is 0 Å². The van der Waals surface area contributed by atoms with E-state index >= 15 is 0 Å². The molecule has 1 aromatic heterocycles. The summed E-state index contributed by atoms with van der Waals surface area (Å²) in [4.78, 5) is 3.73. The quantitative estimate of drug-likeness (QED) is 0.800. The van der Waals surface area contributed by atoms with Crippen molar-refractivity contribution in [3.8, 4) is 5.88 Å². The molecule has 4 nitrogen and oxygen atoms in total. The predicted molar refractivity (Wildman–Crippen MR) is 76.0 cm³/mol. The van der Waals surface area contributed by atoms with Crippen LogP contribution in [0.2, 0.25) is 0 Å². The van der Waals surface area contributed by atoms with Gasteiger partial charge in [-0.1, -0.05) is 0 Å². The van der Waals surface area contributed by atoms with Crippen LogP contribution in [-0.2, 0) is 9.31 Å². The molecule has 0 aliphatic carbocycles. The molecule has 1 aromatic rings. The lowest BCUT2D eigenvalue weighted by Gasteiger charge is -2.32. The second-order valence-electron chi connectivity index (χ2n) is 6.50. The average Bonchev–Trinajstić information content (AvgIpc) is 2.56. The van der Waals surface area contributed by atoms with Gasteiger partial charge in [0.15, 0.2) is 12.4 Å². The third-order valence-corrected chi connectivity index (χ3v) is 3.82. The van der Waals surface area contributed by atoms with Crippen LogP contribution < -0.4 is 10.2 Å². The van der Waals surface area contributed by atoms with E-state index in [9.17, 15) is 13.2 Å². The minimum absolute atomic E-state index is 0.367. The smallest absolute Gasteiger partial charge is 0.469 e. The van der Waals surface area contributed by atoms with Crippen molar-refractivity contribution < 1.29 is 27.2 Å². The standard InChI is InChI=1S/C14H19BF3NO3/c1-12(2)13(3,4)22-15(21-12)9-6-10(16)11(19-7-9)20-8-14(5,17)18/h6-7H,8H2,1-5H3. The largest absolute Gasteiger partial charge is 0.496 e. The number of rotatable bonds is 4. The number of halogens is 3. The van der Waals surface area contributed by atoms with Gasteiger partial charge in [0, 0.05) is 18.6 Å². The number of hydrogen-bond donors (Lipinski definition) is 0. The molecule has 1 aliphatic rings. The van der Waals surface area contributed by atoms with Gasteiger partial charge in [0.05, 0.1) is 11.2 Å². The number of nitrogens with zero attached hydrogens (tertiary/aromatic N) is 1. The molecule has 0 atom stereocenters. The van der Waals surface area contributed by atoms with E-state index in [1.165, 1.54) is 6.20 Å². The minimum Gasteiger partial charge on any atom is -0.469 e. The van der Waals surface area contributed by atoms with Crippen molar-refractivity contribution in [2.45, 2.75) is 51.7 Å². The van der Waals surface area contributed by atoms with Crippen LogP contribution in [0.15, 0.2) is 12.3 Å². The molecule has 2 heterocycles. The van der Waals surface area contributed by atoms with Crippen LogP contribution in [0.4, 0.5) is 13.2 Å². The highest BCUT2D eigenvalue weighted by Crippen LogP contribution is 2.36. The second kappa shape index (κ2) is 5.42. The number of hydrogen-bond acceptors (Lipinski definition) is 4. The molecule has 1 aliphatic heterocycles. The van der Waals surface area contributed by atoms with Crippen LogP contribution in [0.1, 0.15) is 34.6 Å². The molecule has 1 fully saturated rings. The Morgan fingerprint density at radius 2 is 1.77 bits per heavy atom. The summed E-state index contributed by atoms with van der Waals surface area (Å²) in [5.41, 5.74) is -0.756. The lowest BCUT2D eigenvalue weighted by atomic mass is 9.80. The van der Waals surface area contributed by atoms with E-state index < -0.39 is 42.5 Å². The summed E-state index contributed by atoms with van der Waals surface area (Å²) in [6.45, 7) is 7.24. The Morgan fingerprint density at radius 1 is 1.23 bits per heavy atom. The zero-order chi connectivity index (χ0) is 16.8. The maximum atomic E-state index is 13.9. The predicted octanol–water partition coefficient (Wildman–Crippen LogP) is 2.55. The Kier molecular flexibility index (Phi) is 4.21. The number of aromatic nitrogens is 1. The Hall–Kier alpha value is -1.28. The molecule has 0 N–H and O–H groups in total. The van der Waals surface area contributed by atoms with Gasteiger partial charge < -0.3 is 14.0 Å². The Labute approximate surface area is 128 Å². The first-order valence-corrected chi connectivity index (χ1v) is 6.93. The molecule has 8 heteroatoms. The van der Waals surface area contributed by atoms with Gasteiger partial charge in [0.2, 0.25) is 0 Å². The lowest BCUT2D eigenvalue weighted by molar-refractivity contribution is -0.0252. The van der Waals surface area contributed by atoms with E-state index in [0.717, 1.165) is 6.07 Å². The normalized spacial score (nSPS) is 20.3. The highest BCUT2D eigenvalue weighted by atomic mass is 19.3. The van der Waals surface area contributed by atoms with Gasteiger partial charge in [0.1, 0.15) is 0 Å². The first-order valence-electron chi connectivity index (χ1n) is 6.93. The van der Waals surface area contributed by atoms with Gasteiger partial charge >= 0.3 is 7.12 Å². The highest BCUT2D eigenvalue weighted by molar-refractivity contribution is 6.62. The van der Waals surface area contributed by atoms with Crippen LogP contribution in [0.25, 0.3) is 0 Å². The topological polar surface area (TPSA) is 40.6 Å². The Bertz CT molecular complexity index is 545. The van der Waals surface area contributed by atoms with Gasteiger partial charge in [-0.05, 0) is 33.8 Å². The van der Waals surface area contributed by atoms with Crippen molar-refractivity contribution >= 4 is 12.6 Å². The van der Waals surface area contributed by atoms with E-state index in [-0.39, 0.29) is 0 Å². The summed E-state index contributed by atoms with van der Waals surface area (Å²) in [5, 5.41) is 0. The first-order chi connectivity index (χ1) is 9.91. The minimum atomic E-state index is -3.06. The third kappa shape index (κ3) is 3.55. The zero-order valence-corrected chi connectivity index (χ0v) is 13.2. The molecule has 22 heavy (non-hydrogen) atoms. The lowest BCUT2D eigenvalue weighted by Crippen LogP contribution is -2.41. The van der Waals surface area contributed by atoms with Gasteiger partial charge in [-0.15, -0.1) is 0 Å². The van der Waals surface area contributed by atoms with Crippen LogP contribution in [0, 0.1) is 5.82 Å². The molecule has 0 unspecified atom stereocenters. The van der Waals surface area contributed by atoms with E-state index in [1.807, 2.05) is 27.7 Å². The van der Waals surface area contributed by atoms with Gasteiger partial charge in [0.25, 0.3) is 11.8 Å². The molecular weight excluding hydrogens is 298 g/mol. The summed E-state index contributed by atoms with van der Waals surface area (Å²) < 4.78 is 55.6. The van der Waals surface area contributed by atoms with Crippen molar-refractivity contribution in [3.63, 3.8) is 0 Å². The SMILES string of the molecule is CC(F)(F)COc1ncc(B2OC(C)(C)C(C)(C)O2)cc1F. The number of ether oxygens (including phenoxy) is 1. The number of alkyl halides is 2. The molecule has 0 bridgehead atoms. The third-order valence-electron chi connectivity index (χ3n) is 3.82. The van der Waals surface area contributed by atoms with E-state index in [1.54, 1.807) is 0 Å². The summed E-state index contributed by atoms with van der Waals surface area (Å²) in [6, 6.07) is 1.12. The molecule has 0 aromatic carbocycles. The first kappa shape index (κ1) is 17.1. The molecule has 0 amide bonds. The molecule has 122 valence electrons. The average molecular weight is 317 g/mol. The maximum absolute atomic E-state index is 13.9. The van der Waals surface area contributed by atoms with Crippen LogP contribution in [-0.4, -0.2) is 35.8 Å². The summed E-state index contributed by atoms with van der Waals surface area (Å²) in [5.74, 6) is -4.36. The Morgan fingerprint density at radius 3 is 2.23 bits per heavy atom. The van der Waals surface area contributed by atoms with Crippen LogP contribution >= 0.6 is 0 Å². The fourth-order valence-corrected chi connectivity index (χ4v) is 1.85. The zero-order valence-electron chi connectivity index (χ0n) is 13.2. The molecule has 1 saturated heterocycles. The van der Waals surface area contributed by atoms with Crippen molar-refractivity contribution in [2.24, 2.45) is 0 Å². The summed E-state index contributed by atoms with van der Waals surface area (Å²) in [7, 11) is -0.770. The molecule has 0 spiro atoms. The van der Waals surface area contributed by atoms with Gasteiger partial charge in [-0.2, -0.15) is 0 Å². The van der Waals surface area contributed by atoms with Crippen LogP contribution in [0.5, 0.6) is 5.88 Å². The van der Waals surface area contributed by atoms with Crippen molar-refractivity contribution in [1.29, 1.82) is 0 Å².